The standard InChI is InChI=1S/C14H22N2O2S/c1-2-6-16(7-3-1)8-4-9-18-14-15-12-11-17-10-5-13(12)19-14/h1-11H2. The molecule has 1 saturated heterocycles. The molecule has 2 aliphatic heterocycles. The number of hydrogen-bond donors (Lipinski definition) is 0. The van der Waals surface area contributed by atoms with Gasteiger partial charge in [-0.25, -0.2) is 4.98 Å². The van der Waals surface area contributed by atoms with Gasteiger partial charge in [0, 0.05) is 17.8 Å². The maximum absolute atomic E-state index is 5.78. The molecule has 0 aliphatic carbocycles. The first kappa shape index (κ1) is 13.3. The van der Waals surface area contributed by atoms with Crippen LogP contribution in [0.4, 0.5) is 0 Å². The fourth-order valence-electron chi connectivity index (χ4n) is 2.69. The van der Waals surface area contributed by atoms with Crippen molar-refractivity contribution < 1.29 is 9.47 Å². The van der Waals surface area contributed by atoms with E-state index in [1.807, 2.05) is 0 Å². The van der Waals surface area contributed by atoms with Gasteiger partial charge in [-0.15, -0.1) is 0 Å². The third kappa shape index (κ3) is 3.68. The van der Waals surface area contributed by atoms with Crippen molar-refractivity contribution in [3.63, 3.8) is 0 Å². The second-order valence-electron chi connectivity index (χ2n) is 5.26. The summed E-state index contributed by atoms with van der Waals surface area (Å²) in [4.78, 5) is 8.39. The highest BCUT2D eigenvalue weighted by molar-refractivity contribution is 7.13. The Labute approximate surface area is 118 Å². The number of ether oxygens (including phenoxy) is 2. The molecule has 19 heavy (non-hydrogen) atoms. The van der Waals surface area contributed by atoms with Crippen LogP contribution in [0.2, 0.25) is 0 Å². The summed E-state index contributed by atoms with van der Waals surface area (Å²) in [6, 6.07) is 0. The van der Waals surface area contributed by atoms with Crippen LogP contribution in [-0.4, -0.2) is 42.7 Å². The number of aromatic nitrogens is 1. The molecule has 0 unspecified atom stereocenters. The van der Waals surface area contributed by atoms with Crippen LogP contribution in [0.5, 0.6) is 5.19 Å². The van der Waals surface area contributed by atoms with E-state index in [4.69, 9.17) is 9.47 Å². The van der Waals surface area contributed by atoms with Gasteiger partial charge in [-0.2, -0.15) is 0 Å². The molecule has 0 radical (unpaired) electrons. The zero-order valence-corrected chi connectivity index (χ0v) is 12.2. The summed E-state index contributed by atoms with van der Waals surface area (Å²) in [7, 11) is 0. The molecule has 0 aromatic carbocycles. The first-order valence-corrected chi connectivity index (χ1v) is 8.15. The van der Waals surface area contributed by atoms with Gasteiger partial charge in [-0.05, 0) is 32.4 Å². The second kappa shape index (κ2) is 6.68. The molecule has 0 atom stereocenters. The average Bonchev–Trinajstić information content (AvgIpc) is 2.87. The highest BCUT2D eigenvalue weighted by atomic mass is 32.1. The van der Waals surface area contributed by atoms with Gasteiger partial charge in [-0.3, -0.25) is 0 Å². The van der Waals surface area contributed by atoms with Crippen molar-refractivity contribution in [1.82, 2.24) is 9.88 Å². The minimum Gasteiger partial charge on any atom is -0.470 e. The number of rotatable bonds is 5. The van der Waals surface area contributed by atoms with Crippen LogP contribution >= 0.6 is 11.3 Å². The summed E-state index contributed by atoms with van der Waals surface area (Å²) in [5, 5.41) is 0.828. The molecule has 106 valence electrons. The molecule has 0 amide bonds. The summed E-state index contributed by atoms with van der Waals surface area (Å²) >= 11 is 1.69. The Hall–Kier alpha value is -0.650. The maximum atomic E-state index is 5.78. The van der Waals surface area contributed by atoms with E-state index in [0.29, 0.717) is 6.61 Å². The molecule has 2 aliphatic rings. The molecule has 5 heteroatoms. The molecule has 0 spiro atoms. The van der Waals surface area contributed by atoms with Gasteiger partial charge in [0.15, 0.2) is 0 Å². The van der Waals surface area contributed by atoms with Gasteiger partial charge >= 0.3 is 0 Å². The van der Waals surface area contributed by atoms with Crippen LogP contribution in [0.3, 0.4) is 0 Å². The molecule has 3 heterocycles. The van der Waals surface area contributed by atoms with Crippen molar-refractivity contribution in [3.8, 4) is 5.19 Å². The Morgan fingerprint density at radius 2 is 2.16 bits per heavy atom. The minimum absolute atomic E-state index is 0.656. The number of fused-ring (bicyclic) bond motifs is 1. The second-order valence-corrected chi connectivity index (χ2v) is 6.30. The van der Waals surface area contributed by atoms with E-state index in [1.54, 1.807) is 11.3 Å². The predicted octanol–water partition coefficient (Wildman–Crippen LogP) is 2.47. The van der Waals surface area contributed by atoms with E-state index in [2.05, 4.69) is 9.88 Å². The molecule has 1 aromatic heterocycles. The number of nitrogens with zero attached hydrogens (tertiary/aromatic N) is 2. The molecule has 0 bridgehead atoms. The monoisotopic (exact) mass is 282 g/mol. The lowest BCUT2D eigenvalue weighted by atomic mass is 10.1. The maximum Gasteiger partial charge on any atom is 0.273 e. The fraction of sp³-hybridized carbons (Fsp3) is 0.786. The summed E-state index contributed by atoms with van der Waals surface area (Å²) < 4.78 is 11.2. The van der Waals surface area contributed by atoms with Crippen LogP contribution in [0, 0.1) is 0 Å². The summed E-state index contributed by atoms with van der Waals surface area (Å²) in [6.07, 6.45) is 6.21. The first-order valence-electron chi connectivity index (χ1n) is 7.33. The number of piperidine rings is 1. The Morgan fingerprint density at radius 3 is 3.00 bits per heavy atom. The number of hydrogen-bond acceptors (Lipinski definition) is 5. The van der Waals surface area contributed by atoms with Crippen molar-refractivity contribution in [3.05, 3.63) is 10.6 Å². The van der Waals surface area contributed by atoms with Crippen molar-refractivity contribution in [2.75, 3.05) is 32.8 Å². The van der Waals surface area contributed by atoms with E-state index in [9.17, 15) is 0 Å². The van der Waals surface area contributed by atoms with Gasteiger partial charge in [0.1, 0.15) is 0 Å². The Bertz CT molecular complexity index is 379. The van der Waals surface area contributed by atoms with Crippen LogP contribution < -0.4 is 4.74 Å². The highest BCUT2D eigenvalue weighted by Gasteiger charge is 2.16. The Morgan fingerprint density at radius 1 is 1.26 bits per heavy atom. The van der Waals surface area contributed by atoms with Crippen LogP contribution in [0.15, 0.2) is 0 Å². The average molecular weight is 282 g/mol. The molecule has 1 fully saturated rings. The van der Waals surface area contributed by atoms with Crippen molar-refractivity contribution >= 4 is 11.3 Å². The topological polar surface area (TPSA) is 34.6 Å². The van der Waals surface area contributed by atoms with Gasteiger partial charge in [0.05, 0.1) is 25.5 Å². The van der Waals surface area contributed by atoms with E-state index >= 15 is 0 Å². The van der Waals surface area contributed by atoms with E-state index in [0.717, 1.165) is 43.5 Å². The molecular weight excluding hydrogens is 260 g/mol. The lowest BCUT2D eigenvalue weighted by molar-refractivity contribution is 0.109. The minimum atomic E-state index is 0.656. The molecule has 0 N–H and O–H groups in total. The Kier molecular flexibility index (Phi) is 4.69. The van der Waals surface area contributed by atoms with Crippen LogP contribution in [-0.2, 0) is 17.8 Å². The highest BCUT2D eigenvalue weighted by Crippen LogP contribution is 2.28. The molecule has 4 nitrogen and oxygen atoms in total. The Balaban J connectivity index is 1.38. The third-order valence-electron chi connectivity index (χ3n) is 3.76. The van der Waals surface area contributed by atoms with Crippen molar-refractivity contribution in [1.29, 1.82) is 0 Å². The smallest absolute Gasteiger partial charge is 0.273 e. The van der Waals surface area contributed by atoms with Gasteiger partial charge in [0.2, 0.25) is 0 Å². The predicted molar refractivity (Wildman–Crippen MR) is 75.9 cm³/mol. The third-order valence-corrected chi connectivity index (χ3v) is 4.83. The molecule has 3 rings (SSSR count). The quantitative estimate of drug-likeness (QED) is 0.777. The van der Waals surface area contributed by atoms with Crippen molar-refractivity contribution in [2.24, 2.45) is 0 Å². The summed E-state index contributed by atoms with van der Waals surface area (Å²) in [5.41, 5.74) is 1.09. The molecule has 0 saturated carbocycles. The zero-order chi connectivity index (χ0) is 12.9. The zero-order valence-electron chi connectivity index (χ0n) is 11.4. The lowest BCUT2D eigenvalue weighted by Gasteiger charge is -2.26. The molecule has 1 aromatic rings. The van der Waals surface area contributed by atoms with E-state index < -0.39 is 0 Å². The lowest BCUT2D eigenvalue weighted by Crippen LogP contribution is -2.31. The fourth-order valence-corrected chi connectivity index (χ4v) is 3.61. The van der Waals surface area contributed by atoms with Gasteiger partial charge in [0.25, 0.3) is 5.19 Å². The van der Waals surface area contributed by atoms with E-state index in [1.165, 1.54) is 37.2 Å². The van der Waals surface area contributed by atoms with Crippen LogP contribution in [0.25, 0.3) is 0 Å². The van der Waals surface area contributed by atoms with Gasteiger partial charge in [-0.1, -0.05) is 17.8 Å². The van der Waals surface area contributed by atoms with Crippen LogP contribution in [0.1, 0.15) is 36.3 Å². The molecular formula is C14H22N2O2S. The van der Waals surface area contributed by atoms with Crippen molar-refractivity contribution in [2.45, 2.75) is 38.7 Å². The largest absolute Gasteiger partial charge is 0.470 e. The number of thiazole rings is 1. The SMILES string of the molecule is C1CCN(CCCOc2nc3c(s2)CCOC3)CC1. The van der Waals surface area contributed by atoms with Gasteiger partial charge < -0.3 is 14.4 Å². The summed E-state index contributed by atoms with van der Waals surface area (Å²) in [6.45, 7) is 5.95. The normalized spacial score (nSPS) is 20.2. The number of likely N-dealkylation sites (tertiary alicyclic amines) is 1. The first-order chi connectivity index (χ1) is 9.42. The van der Waals surface area contributed by atoms with E-state index in [-0.39, 0.29) is 0 Å². The summed E-state index contributed by atoms with van der Waals surface area (Å²) in [5.74, 6) is 0.